The van der Waals surface area contributed by atoms with Gasteiger partial charge < -0.3 is 11.1 Å². The molecule has 3 N–H and O–H groups in total. The average Bonchev–Trinajstić information content (AvgIpc) is 2.43. The third-order valence-corrected chi connectivity index (χ3v) is 2.83. The first kappa shape index (κ1) is 13.8. The van der Waals surface area contributed by atoms with Crippen LogP contribution in [0.25, 0.3) is 0 Å². The Bertz CT molecular complexity index is 631. The molecular formula is C15H13F2N3. The molecule has 2 aromatic carbocycles. The maximum absolute atomic E-state index is 12.9. The zero-order valence-electron chi connectivity index (χ0n) is 10.6. The van der Waals surface area contributed by atoms with Crippen molar-refractivity contribution < 1.29 is 8.78 Å². The summed E-state index contributed by atoms with van der Waals surface area (Å²) in [6.45, 7) is 0. The van der Waals surface area contributed by atoms with Gasteiger partial charge in [0.1, 0.15) is 0 Å². The van der Waals surface area contributed by atoms with Gasteiger partial charge in [0.25, 0.3) is 6.43 Å². The smallest absolute Gasteiger partial charge is 0.265 e. The summed E-state index contributed by atoms with van der Waals surface area (Å²) in [6, 6.07) is 13.5. The minimum atomic E-state index is -2.60. The molecular weight excluding hydrogens is 260 g/mol. The fraction of sp³-hybridized carbons (Fsp3) is 0.133. The van der Waals surface area contributed by atoms with Crippen molar-refractivity contribution in [1.82, 2.24) is 0 Å². The predicted molar refractivity (Wildman–Crippen MR) is 74.9 cm³/mol. The van der Waals surface area contributed by atoms with Gasteiger partial charge in [0.2, 0.25) is 0 Å². The molecule has 0 aliphatic rings. The highest BCUT2D eigenvalue weighted by Crippen LogP contribution is 2.31. The molecule has 0 aliphatic heterocycles. The molecule has 3 nitrogen and oxygen atoms in total. The van der Waals surface area contributed by atoms with Crippen LogP contribution in [-0.2, 0) is 6.42 Å². The molecule has 0 fully saturated rings. The van der Waals surface area contributed by atoms with E-state index in [0.29, 0.717) is 23.5 Å². The number of hydrogen-bond acceptors (Lipinski definition) is 3. The van der Waals surface area contributed by atoms with Crippen molar-refractivity contribution in [2.45, 2.75) is 12.8 Å². The van der Waals surface area contributed by atoms with E-state index in [1.807, 2.05) is 6.07 Å². The first-order chi connectivity index (χ1) is 9.60. The zero-order valence-corrected chi connectivity index (χ0v) is 10.6. The molecule has 2 rings (SSSR count). The standard InChI is InChI=1S/C15H13F2N3/c16-15(17)13-9-11(19)3-6-14(13)20-12-4-1-10(2-5-12)7-8-18/h1-6,9,15,20H,7,19H2. The maximum atomic E-state index is 12.9. The molecule has 0 radical (unpaired) electrons. The van der Waals surface area contributed by atoms with Crippen molar-refractivity contribution in [3.8, 4) is 6.07 Å². The highest BCUT2D eigenvalue weighted by Gasteiger charge is 2.13. The lowest BCUT2D eigenvalue weighted by Crippen LogP contribution is -1.98. The van der Waals surface area contributed by atoms with E-state index in [4.69, 9.17) is 11.0 Å². The number of nitrogen functional groups attached to an aromatic ring is 1. The van der Waals surface area contributed by atoms with Gasteiger partial charge in [-0.1, -0.05) is 12.1 Å². The summed E-state index contributed by atoms with van der Waals surface area (Å²) in [5.41, 5.74) is 7.57. The summed E-state index contributed by atoms with van der Waals surface area (Å²) >= 11 is 0. The number of anilines is 3. The molecule has 102 valence electrons. The van der Waals surface area contributed by atoms with E-state index in [1.54, 1.807) is 30.3 Å². The maximum Gasteiger partial charge on any atom is 0.265 e. The molecule has 20 heavy (non-hydrogen) atoms. The van der Waals surface area contributed by atoms with E-state index >= 15 is 0 Å². The first-order valence-electron chi connectivity index (χ1n) is 6.00. The SMILES string of the molecule is N#CCc1ccc(Nc2ccc(N)cc2C(F)F)cc1. The number of nitrogens with zero attached hydrogens (tertiary/aromatic N) is 1. The second-order valence-electron chi connectivity index (χ2n) is 4.30. The molecule has 0 aliphatic carbocycles. The molecule has 0 spiro atoms. The van der Waals surface area contributed by atoms with Crippen LogP contribution in [0.2, 0.25) is 0 Å². The molecule has 5 heteroatoms. The molecule has 0 atom stereocenters. The van der Waals surface area contributed by atoms with E-state index in [9.17, 15) is 8.78 Å². The van der Waals surface area contributed by atoms with Crippen LogP contribution < -0.4 is 11.1 Å². The minimum absolute atomic E-state index is 0.133. The minimum Gasteiger partial charge on any atom is -0.399 e. The Labute approximate surface area is 115 Å². The molecule has 0 amide bonds. The summed E-state index contributed by atoms with van der Waals surface area (Å²) in [7, 11) is 0. The van der Waals surface area contributed by atoms with Crippen LogP contribution in [0.4, 0.5) is 25.8 Å². The Morgan fingerprint density at radius 2 is 1.85 bits per heavy atom. The van der Waals surface area contributed by atoms with Crippen molar-refractivity contribution in [3.05, 3.63) is 53.6 Å². The first-order valence-corrected chi connectivity index (χ1v) is 6.00. The van der Waals surface area contributed by atoms with Crippen molar-refractivity contribution in [3.63, 3.8) is 0 Å². The summed E-state index contributed by atoms with van der Waals surface area (Å²) in [4.78, 5) is 0. The molecule has 0 saturated heterocycles. The van der Waals surface area contributed by atoms with Crippen molar-refractivity contribution >= 4 is 17.1 Å². The third-order valence-electron chi connectivity index (χ3n) is 2.83. The fourth-order valence-electron chi connectivity index (χ4n) is 1.83. The molecule has 0 aromatic heterocycles. The van der Waals surface area contributed by atoms with Gasteiger partial charge in [-0.15, -0.1) is 0 Å². The monoisotopic (exact) mass is 273 g/mol. The molecule has 2 aromatic rings. The van der Waals surface area contributed by atoms with E-state index in [0.717, 1.165) is 5.56 Å². The summed E-state index contributed by atoms with van der Waals surface area (Å²) in [5, 5.41) is 11.5. The van der Waals surface area contributed by atoms with Crippen LogP contribution in [0.1, 0.15) is 17.6 Å². The Morgan fingerprint density at radius 1 is 1.15 bits per heavy atom. The lowest BCUT2D eigenvalue weighted by molar-refractivity contribution is 0.152. The van der Waals surface area contributed by atoms with Crippen LogP contribution in [0, 0.1) is 11.3 Å². The quantitative estimate of drug-likeness (QED) is 0.827. The highest BCUT2D eigenvalue weighted by molar-refractivity contribution is 5.66. The third kappa shape index (κ3) is 3.23. The Hall–Kier alpha value is -2.61. The number of hydrogen-bond donors (Lipinski definition) is 2. The number of rotatable bonds is 4. The van der Waals surface area contributed by atoms with Gasteiger partial charge in [0.05, 0.1) is 12.5 Å². The summed E-state index contributed by atoms with van der Waals surface area (Å²) in [5.74, 6) is 0. The highest BCUT2D eigenvalue weighted by atomic mass is 19.3. The Balaban J connectivity index is 2.23. The largest absolute Gasteiger partial charge is 0.399 e. The van der Waals surface area contributed by atoms with E-state index in [2.05, 4.69) is 5.32 Å². The lowest BCUT2D eigenvalue weighted by atomic mass is 10.1. The number of alkyl halides is 2. The zero-order chi connectivity index (χ0) is 14.5. The lowest BCUT2D eigenvalue weighted by Gasteiger charge is -2.12. The van der Waals surface area contributed by atoms with Crippen LogP contribution >= 0.6 is 0 Å². The number of halogens is 2. The van der Waals surface area contributed by atoms with Gasteiger partial charge >= 0.3 is 0 Å². The van der Waals surface area contributed by atoms with Crippen molar-refractivity contribution in [2.24, 2.45) is 0 Å². The van der Waals surface area contributed by atoms with Crippen molar-refractivity contribution in [1.29, 1.82) is 5.26 Å². The van der Waals surface area contributed by atoms with Gasteiger partial charge in [-0.05, 0) is 35.9 Å². The second-order valence-corrected chi connectivity index (χ2v) is 4.30. The predicted octanol–water partition coefficient (Wildman–Crippen LogP) is 4.02. The number of nitrogens with two attached hydrogens (primary N) is 1. The van der Waals surface area contributed by atoms with Gasteiger partial charge in [0, 0.05) is 22.6 Å². The number of benzene rings is 2. The average molecular weight is 273 g/mol. The van der Waals surface area contributed by atoms with E-state index in [1.165, 1.54) is 12.1 Å². The molecule has 0 saturated carbocycles. The molecule has 0 heterocycles. The van der Waals surface area contributed by atoms with Gasteiger partial charge in [-0.25, -0.2) is 8.78 Å². The van der Waals surface area contributed by atoms with Crippen LogP contribution in [0.15, 0.2) is 42.5 Å². The summed E-state index contributed by atoms with van der Waals surface area (Å²) in [6.07, 6.45) is -2.27. The van der Waals surface area contributed by atoms with Crippen molar-refractivity contribution in [2.75, 3.05) is 11.1 Å². The number of nitriles is 1. The fourth-order valence-corrected chi connectivity index (χ4v) is 1.83. The Kier molecular flexibility index (Phi) is 4.16. The van der Waals surface area contributed by atoms with Crippen LogP contribution in [0.5, 0.6) is 0 Å². The van der Waals surface area contributed by atoms with Crippen LogP contribution in [0.3, 0.4) is 0 Å². The second kappa shape index (κ2) is 6.02. The number of nitrogens with one attached hydrogen (secondary N) is 1. The molecule has 0 unspecified atom stereocenters. The summed E-state index contributed by atoms with van der Waals surface area (Å²) < 4.78 is 25.9. The normalized spacial score (nSPS) is 10.3. The van der Waals surface area contributed by atoms with Gasteiger partial charge in [-0.2, -0.15) is 5.26 Å². The topological polar surface area (TPSA) is 61.8 Å². The van der Waals surface area contributed by atoms with Crippen LogP contribution in [-0.4, -0.2) is 0 Å². The van der Waals surface area contributed by atoms with Gasteiger partial charge in [0.15, 0.2) is 0 Å². The van der Waals surface area contributed by atoms with Gasteiger partial charge in [-0.3, -0.25) is 0 Å². The van der Waals surface area contributed by atoms with E-state index in [-0.39, 0.29) is 5.56 Å². The Morgan fingerprint density at radius 3 is 2.45 bits per heavy atom. The molecule has 0 bridgehead atoms. The van der Waals surface area contributed by atoms with E-state index < -0.39 is 6.43 Å².